The van der Waals surface area contributed by atoms with Crippen molar-refractivity contribution in [3.63, 3.8) is 0 Å². The number of rotatable bonds is 7. The predicted octanol–water partition coefficient (Wildman–Crippen LogP) is 3.88. The molecule has 8 heteroatoms. The summed E-state index contributed by atoms with van der Waals surface area (Å²) < 4.78 is 17.3. The van der Waals surface area contributed by atoms with E-state index in [0.717, 1.165) is 23.0 Å². The van der Waals surface area contributed by atoms with Gasteiger partial charge in [-0.2, -0.15) is 5.10 Å². The van der Waals surface area contributed by atoms with Crippen LogP contribution in [0.4, 0.5) is 0 Å². The third kappa shape index (κ3) is 5.27. The molecule has 1 atom stereocenters. The molecule has 8 nitrogen and oxygen atoms in total. The van der Waals surface area contributed by atoms with E-state index in [-0.39, 0.29) is 18.4 Å². The molecule has 180 valence electrons. The Hall–Kier alpha value is -3.91. The van der Waals surface area contributed by atoms with E-state index in [0.29, 0.717) is 43.4 Å². The number of fused-ring (bicyclic) bond motifs is 1. The summed E-state index contributed by atoms with van der Waals surface area (Å²) in [6, 6.07) is 17.1. The van der Waals surface area contributed by atoms with Crippen molar-refractivity contribution in [1.82, 2.24) is 20.1 Å². The number of hydrogen-bond donors (Lipinski definition) is 1. The second-order valence-corrected chi connectivity index (χ2v) is 8.62. The highest BCUT2D eigenvalue weighted by atomic mass is 16.5. The van der Waals surface area contributed by atoms with Crippen molar-refractivity contribution in [2.45, 2.75) is 13.0 Å². The van der Waals surface area contributed by atoms with Gasteiger partial charge in [-0.25, -0.2) is 0 Å². The van der Waals surface area contributed by atoms with Crippen molar-refractivity contribution in [2.24, 2.45) is 5.92 Å². The van der Waals surface area contributed by atoms with Gasteiger partial charge in [0.2, 0.25) is 0 Å². The van der Waals surface area contributed by atoms with Gasteiger partial charge in [0.15, 0.2) is 11.5 Å². The Morgan fingerprint density at radius 1 is 1.17 bits per heavy atom. The minimum atomic E-state index is -0.0487. The highest BCUT2D eigenvalue weighted by Gasteiger charge is 2.25. The Bertz CT molecular complexity index is 1290. The van der Waals surface area contributed by atoms with Gasteiger partial charge in [-0.3, -0.25) is 14.9 Å². The van der Waals surface area contributed by atoms with Gasteiger partial charge in [0, 0.05) is 36.2 Å². The van der Waals surface area contributed by atoms with Crippen molar-refractivity contribution < 1.29 is 19.0 Å². The number of ether oxygens (including phenoxy) is 3. The summed E-state index contributed by atoms with van der Waals surface area (Å²) in [4.78, 5) is 19.7. The topological polar surface area (TPSA) is 89.6 Å². The number of H-pyrrole nitrogens is 1. The van der Waals surface area contributed by atoms with E-state index >= 15 is 0 Å². The first-order chi connectivity index (χ1) is 17.2. The van der Waals surface area contributed by atoms with E-state index in [1.165, 1.54) is 5.56 Å². The molecule has 0 saturated carbocycles. The van der Waals surface area contributed by atoms with Crippen molar-refractivity contribution in [3.05, 3.63) is 83.8 Å². The van der Waals surface area contributed by atoms with E-state index in [2.05, 4.69) is 21.2 Å². The Morgan fingerprint density at radius 3 is 2.97 bits per heavy atom. The first-order valence-corrected chi connectivity index (χ1v) is 11.7. The molecule has 1 N–H and O–H groups in total. The first kappa shape index (κ1) is 22.9. The van der Waals surface area contributed by atoms with Gasteiger partial charge in [-0.15, -0.1) is 0 Å². The standard InChI is InChI=1S/C27H28N4O4/c1-33-25-9-8-21(14-26(25)35-18-22-6-2-3-10-28-22)27(32)31-11-12-34-17-19(16-31)13-20-5-4-7-24-23(20)15-29-30-24/h2-10,14-15,19H,11-13,16-18H2,1H3,(H,29,30). The molecule has 1 fully saturated rings. The van der Waals surface area contributed by atoms with Gasteiger partial charge < -0.3 is 19.1 Å². The largest absolute Gasteiger partial charge is 0.493 e. The van der Waals surface area contributed by atoms with E-state index < -0.39 is 0 Å². The number of aromatic nitrogens is 3. The summed E-state index contributed by atoms with van der Waals surface area (Å²) in [6.45, 7) is 2.56. The molecule has 4 aromatic rings. The van der Waals surface area contributed by atoms with Crippen LogP contribution in [0.1, 0.15) is 21.6 Å². The molecule has 2 aromatic heterocycles. The van der Waals surface area contributed by atoms with Crippen LogP contribution < -0.4 is 9.47 Å². The molecule has 5 rings (SSSR count). The Balaban J connectivity index is 1.31. The lowest BCUT2D eigenvalue weighted by molar-refractivity contribution is 0.0736. The molecule has 1 aliphatic heterocycles. The minimum absolute atomic E-state index is 0.0487. The van der Waals surface area contributed by atoms with Crippen molar-refractivity contribution in [2.75, 3.05) is 33.4 Å². The van der Waals surface area contributed by atoms with Gasteiger partial charge in [0.1, 0.15) is 6.61 Å². The average Bonchev–Trinajstić information content (AvgIpc) is 3.27. The van der Waals surface area contributed by atoms with Crippen LogP contribution in [-0.4, -0.2) is 59.4 Å². The molecule has 1 amide bonds. The number of benzene rings is 2. The number of carbonyl (C=O) groups excluding carboxylic acids is 1. The molecular formula is C27H28N4O4. The normalized spacial score (nSPS) is 16.1. The van der Waals surface area contributed by atoms with Crippen LogP contribution in [-0.2, 0) is 17.8 Å². The number of nitrogens with zero attached hydrogens (tertiary/aromatic N) is 3. The number of pyridine rings is 1. The number of aromatic amines is 1. The third-order valence-corrected chi connectivity index (χ3v) is 6.22. The Morgan fingerprint density at radius 2 is 2.11 bits per heavy atom. The summed E-state index contributed by atoms with van der Waals surface area (Å²) in [5, 5.41) is 8.30. The van der Waals surface area contributed by atoms with Crippen molar-refractivity contribution in [1.29, 1.82) is 0 Å². The molecule has 0 radical (unpaired) electrons. The highest BCUT2D eigenvalue weighted by Crippen LogP contribution is 2.30. The average molecular weight is 473 g/mol. The number of hydrogen-bond acceptors (Lipinski definition) is 6. The molecule has 0 aliphatic carbocycles. The zero-order valence-electron chi connectivity index (χ0n) is 19.6. The summed E-state index contributed by atoms with van der Waals surface area (Å²) in [5.74, 6) is 1.22. The van der Waals surface area contributed by atoms with Crippen LogP contribution in [0, 0.1) is 5.92 Å². The van der Waals surface area contributed by atoms with Crippen molar-refractivity contribution in [3.8, 4) is 11.5 Å². The fourth-order valence-corrected chi connectivity index (χ4v) is 4.45. The van der Waals surface area contributed by atoms with E-state index in [4.69, 9.17) is 14.2 Å². The lowest BCUT2D eigenvalue weighted by atomic mass is 9.97. The number of nitrogens with one attached hydrogen (secondary N) is 1. The van der Waals surface area contributed by atoms with Gasteiger partial charge in [-0.05, 0) is 48.4 Å². The maximum Gasteiger partial charge on any atom is 0.254 e. The van der Waals surface area contributed by atoms with E-state index in [1.54, 1.807) is 31.5 Å². The SMILES string of the molecule is COc1ccc(C(=O)N2CCOCC(Cc3cccc4[nH]ncc34)C2)cc1OCc1ccccn1. The third-order valence-electron chi connectivity index (χ3n) is 6.22. The first-order valence-electron chi connectivity index (χ1n) is 11.7. The van der Waals surface area contributed by atoms with Crippen LogP contribution in [0.2, 0.25) is 0 Å². The lowest BCUT2D eigenvalue weighted by Gasteiger charge is -2.24. The predicted molar refractivity (Wildman–Crippen MR) is 132 cm³/mol. The van der Waals surface area contributed by atoms with Gasteiger partial charge in [0.25, 0.3) is 5.91 Å². The molecule has 1 aliphatic rings. The van der Waals surface area contributed by atoms with E-state index in [1.807, 2.05) is 41.4 Å². The van der Waals surface area contributed by atoms with Crippen LogP contribution in [0.3, 0.4) is 0 Å². The van der Waals surface area contributed by atoms with Crippen LogP contribution in [0.5, 0.6) is 11.5 Å². The molecule has 1 unspecified atom stereocenters. The summed E-state index contributed by atoms with van der Waals surface area (Å²) in [5.41, 5.74) is 3.57. The van der Waals surface area contributed by atoms with E-state index in [9.17, 15) is 4.79 Å². The quantitative estimate of drug-likeness (QED) is 0.439. The van der Waals surface area contributed by atoms with Gasteiger partial charge >= 0.3 is 0 Å². The number of methoxy groups -OCH3 is 1. The lowest BCUT2D eigenvalue weighted by Crippen LogP contribution is -2.36. The monoisotopic (exact) mass is 472 g/mol. The number of amides is 1. The second kappa shape index (κ2) is 10.6. The minimum Gasteiger partial charge on any atom is -0.493 e. The fraction of sp³-hybridized carbons (Fsp3) is 0.296. The maximum absolute atomic E-state index is 13.5. The molecular weight excluding hydrogens is 444 g/mol. The molecule has 2 aromatic carbocycles. The molecule has 3 heterocycles. The molecule has 1 saturated heterocycles. The second-order valence-electron chi connectivity index (χ2n) is 8.62. The zero-order valence-corrected chi connectivity index (χ0v) is 19.6. The summed E-state index contributed by atoms with van der Waals surface area (Å²) in [6.07, 6.45) is 4.39. The Kier molecular flexibility index (Phi) is 6.90. The molecule has 0 spiro atoms. The Labute approximate surface area is 203 Å². The highest BCUT2D eigenvalue weighted by molar-refractivity contribution is 5.95. The smallest absolute Gasteiger partial charge is 0.254 e. The number of carbonyl (C=O) groups is 1. The van der Waals surface area contributed by atoms with Gasteiger partial charge in [0.05, 0.1) is 37.7 Å². The molecule has 35 heavy (non-hydrogen) atoms. The van der Waals surface area contributed by atoms with Crippen LogP contribution in [0.15, 0.2) is 67.0 Å². The summed E-state index contributed by atoms with van der Waals surface area (Å²) in [7, 11) is 1.59. The van der Waals surface area contributed by atoms with Crippen LogP contribution in [0.25, 0.3) is 10.9 Å². The summed E-state index contributed by atoms with van der Waals surface area (Å²) >= 11 is 0. The molecule has 0 bridgehead atoms. The zero-order chi connectivity index (χ0) is 24.0. The van der Waals surface area contributed by atoms with Gasteiger partial charge in [-0.1, -0.05) is 18.2 Å². The fourth-order valence-electron chi connectivity index (χ4n) is 4.45. The van der Waals surface area contributed by atoms with Crippen LogP contribution >= 0.6 is 0 Å². The maximum atomic E-state index is 13.5. The van der Waals surface area contributed by atoms with Crippen molar-refractivity contribution >= 4 is 16.8 Å².